The molecule has 0 fully saturated rings. The molecule has 0 saturated heterocycles. The van der Waals surface area contributed by atoms with Crippen LogP contribution in [0, 0.1) is 13.8 Å². The average Bonchev–Trinajstić information content (AvgIpc) is 3.02. The van der Waals surface area contributed by atoms with Gasteiger partial charge >= 0.3 is 0 Å². The van der Waals surface area contributed by atoms with Crippen molar-refractivity contribution in [3.05, 3.63) is 90.0 Å². The fourth-order valence-corrected chi connectivity index (χ4v) is 4.78. The van der Waals surface area contributed by atoms with Crippen LogP contribution in [-0.2, 0) is 10.0 Å². The second-order valence-corrected chi connectivity index (χ2v) is 8.27. The molecule has 0 aliphatic carbocycles. The molecule has 4 heteroatoms. The van der Waals surface area contributed by atoms with Gasteiger partial charge in [-0.3, -0.25) is 0 Å². The lowest BCUT2D eigenvalue weighted by Crippen LogP contribution is -2.14. The molecule has 3 aromatic carbocycles. The maximum Gasteiger partial charge on any atom is 0.268 e. The number of benzene rings is 3. The fraction of sp³-hybridized carbons (Fsp3) is 0.0909. The van der Waals surface area contributed by atoms with Crippen LogP contribution in [0.4, 0.5) is 0 Å². The van der Waals surface area contributed by atoms with Crippen LogP contribution in [0.15, 0.2) is 83.8 Å². The second kappa shape index (κ2) is 6.15. The maximum absolute atomic E-state index is 13.5. The molecule has 26 heavy (non-hydrogen) atoms. The van der Waals surface area contributed by atoms with Gasteiger partial charge in [0, 0.05) is 10.9 Å². The molecule has 0 radical (unpaired) electrons. The first-order valence-electron chi connectivity index (χ1n) is 8.47. The number of aromatic nitrogens is 1. The minimum Gasteiger partial charge on any atom is -0.233 e. The molecule has 1 aromatic heterocycles. The Balaban J connectivity index is 2.07. The Kier molecular flexibility index (Phi) is 3.93. The van der Waals surface area contributed by atoms with Crippen LogP contribution in [0.2, 0.25) is 0 Å². The summed E-state index contributed by atoms with van der Waals surface area (Å²) in [6.07, 6.45) is 0. The van der Waals surface area contributed by atoms with E-state index in [0.717, 1.165) is 22.1 Å². The number of hydrogen-bond acceptors (Lipinski definition) is 2. The third kappa shape index (κ3) is 2.63. The van der Waals surface area contributed by atoms with Gasteiger partial charge in [-0.25, -0.2) is 12.4 Å². The lowest BCUT2D eigenvalue weighted by Gasteiger charge is -2.14. The number of nitrogens with zero attached hydrogens (tertiary/aromatic N) is 1. The molecule has 1 heterocycles. The predicted molar refractivity (Wildman–Crippen MR) is 106 cm³/mol. The molecular weight excluding hydrogens is 342 g/mol. The Morgan fingerprint density at radius 2 is 1.42 bits per heavy atom. The summed E-state index contributed by atoms with van der Waals surface area (Å²) in [6, 6.07) is 24.4. The molecule has 4 rings (SSSR count). The molecule has 0 spiro atoms. The quantitative estimate of drug-likeness (QED) is 0.505. The van der Waals surface area contributed by atoms with Gasteiger partial charge < -0.3 is 0 Å². The molecule has 130 valence electrons. The van der Waals surface area contributed by atoms with Crippen molar-refractivity contribution >= 4 is 20.9 Å². The molecule has 0 bridgehead atoms. The molecule has 0 amide bonds. The Hall–Kier alpha value is -2.85. The zero-order valence-electron chi connectivity index (χ0n) is 14.7. The van der Waals surface area contributed by atoms with Crippen molar-refractivity contribution < 1.29 is 8.42 Å². The van der Waals surface area contributed by atoms with Crippen LogP contribution < -0.4 is 0 Å². The number of hydrogen-bond donors (Lipinski definition) is 0. The topological polar surface area (TPSA) is 39.1 Å². The molecule has 0 N–H and O–H groups in total. The zero-order chi connectivity index (χ0) is 18.3. The Morgan fingerprint density at radius 3 is 2.15 bits per heavy atom. The van der Waals surface area contributed by atoms with Crippen LogP contribution in [-0.4, -0.2) is 12.4 Å². The van der Waals surface area contributed by atoms with E-state index in [1.54, 1.807) is 12.1 Å². The van der Waals surface area contributed by atoms with Gasteiger partial charge in [0.25, 0.3) is 10.0 Å². The SMILES string of the molecule is Cc1ccc(S(=O)(=O)n2c(-c3ccccc3C)cc3ccccc32)cc1. The van der Waals surface area contributed by atoms with Gasteiger partial charge in [-0.15, -0.1) is 0 Å². The molecular formula is C22H19NO2S. The van der Waals surface area contributed by atoms with Gasteiger partial charge in [0.05, 0.1) is 16.1 Å². The van der Waals surface area contributed by atoms with Crippen molar-refractivity contribution in [1.82, 2.24) is 3.97 Å². The highest BCUT2D eigenvalue weighted by Crippen LogP contribution is 2.33. The van der Waals surface area contributed by atoms with E-state index < -0.39 is 10.0 Å². The summed E-state index contributed by atoms with van der Waals surface area (Å²) < 4.78 is 28.4. The predicted octanol–water partition coefficient (Wildman–Crippen LogP) is 5.16. The van der Waals surface area contributed by atoms with E-state index in [1.807, 2.05) is 80.6 Å². The van der Waals surface area contributed by atoms with E-state index >= 15 is 0 Å². The second-order valence-electron chi connectivity index (χ2n) is 6.49. The number of fused-ring (bicyclic) bond motifs is 1. The summed E-state index contributed by atoms with van der Waals surface area (Å²) in [7, 11) is -3.72. The third-order valence-corrected chi connectivity index (χ3v) is 6.39. The summed E-state index contributed by atoms with van der Waals surface area (Å²) in [5.41, 5.74) is 4.35. The molecule has 4 aromatic rings. The first-order chi connectivity index (χ1) is 12.5. The molecule has 3 nitrogen and oxygen atoms in total. The maximum atomic E-state index is 13.5. The van der Waals surface area contributed by atoms with Crippen molar-refractivity contribution in [2.75, 3.05) is 0 Å². The van der Waals surface area contributed by atoms with Gasteiger partial charge in [-0.05, 0) is 43.7 Å². The summed E-state index contributed by atoms with van der Waals surface area (Å²) in [6.45, 7) is 3.94. The fourth-order valence-electron chi connectivity index (χ4n) is 3.25. The summed E-state index contributed by atoms with van der Waals surface area (Å²) in [5.74, 6) is 0. The van der Waals surface area contributed by atoms with Gasteiger partial charge in [0.15, 0.2) is 0 Å². The molecule has 0 unspecified atom stereocenters. The van der Waals surface area contributed by atoms with E-state index in [2.05, 4.69) is 0 Å². The van der Waals surface area contributed by atoms with E-state index in [1.165, 1.54) is 3.97 Å². The zero-order valence-corrected chi connectivity index (χ0v) is 15.5. The molecule has 0 saturated carbocycles. The van der Waals surface area contributed by atoms with Crippen molar-refractivity contribution in [3.63, 3.8) is 0 Å². The Labute approximate surface area is 153 Å². The largest absolute Gasteiger partial charge is 0.268 e. The number of rotatable bonds is 3. The highest BCUT2D eigenvalue weighted by Gasteiger charge is 2.24. The molecule has 0 aliphatic rings. The van der Waals surface area contributed by atoms with E-state index in [4.69, 9.17) is 0 Å². The summed E-state index contributed by atoms with van der Waals surface area (Å²) in [4.78, 5) is 0.291. The Morgan fingerprint density at radius 1 is 0.769 bits per heavy atom. The summed E-state index contributed by atoms with van der Waals surface area (Å²) >= 11 is 0. The van der Waals surface area contributed by atoms with Crippen LogP contribution in [0.25, 0.3) is 22.2 Å². The Bertz CT molecular complexity index is 1200. The third-order valence-electron chi connectivity index (χ3n) is 4.65. The highest BCUT2D eigenvalue weighted by atomic mass is 32.2. The van der Waals surface area contributed by atoms with Crippen LogP contribution in [0.1, 0.15) is 11.1 Å². The highest BCUT2D eigenvalue weighted by molar-refractivity contribution is 7.90. The minimum absolute atomic E-state index is 0.291. The number of aryl methyl sites for hydroxylation is 2. The van der Waals surface area contributed by atoms with Crippen LogP contribution in [0.3, 0.4) is 0 Å². The summed E-state index contributed by atoms with van der Waals surface area (Å²) in [5, 5.41) is 0.904. The van der Waals surface area contributed by atoms with Crippen LogP contribution in [0.5, 0.6) is 0 Å². The lowest BCUT2D eigenvalue weighted by molar-refractivity contribution is 0.589. The van der Waals surface area contributed by atoms with Crippen LogP contribution >= 0.6 is 0 Å². The van der Waals surface area contributed by atoms with E-state index in [-0.39, 0.29) is 0 Å². The van der Waals surface area contributed by atoms with Gasteiger partial charge in [-0.2, -0.15) is 0 Å². The van der Waals surface area contributed by atoms with Crippen molar-refractivity contribution in [1.29, 1.82) is 0 Å². The van der Waals surface area contributed by atoms with E-state index in [9.17, 15) is 8.42 Å². The number of para-hydroxylation sites is 1. The van der Waals surface area contributed by atoms with Crippen molar-refractivity contribution in [2.45, 2.75) is 18.7 Å². The van der Waals surface area contributed by atoms with Gasteiger partial charge in [-0.1, -0.05) is 60.2 Å². The standard InChI is InChI=1S/C22H19NO2S/c1-16-11-13-19(14-12-16)26(24,25)23-21-10-6-4-8-18(21)15-22(23)20-9-5-3-7-17(20)2/h3-15H,1-2H3. The minimum atomic E-state index is -3.72. The smallest absolute Gasteiger partial charge is 0.233 e. The normalized spacial score (nSPS) is 11.8. The van der Waals surface area contributed by atoms with Crippen molar-refractivity contribution in [3.8, 4) is 11.3 Å². The molecule has 0 aliphatic heterocycles. The monoisotopic (exact) mass is 361 g/mol. The van der Waals surface area contributed by atoms with Crippen molar-refractivity contribution in [2.24, 2.45) is 0 Å². The lowest BCUT2D eigenvalue weighted by atomic mass is 10.1. The molecule has 0 atom stereocenters. The van der Waals surface area contributed by atoms with Gasteiger partial charge in [0.2, 0.25) is 0 Å². The van der Waals surface area contributed by atoms with E-state index in [0.29, 0.717) is 16.1 Å². The van der Waals surface area contributed by atoms with Gasteiger partial charge in [0.1, 0.15) is 0 Å². The first-order valence-corrected chi connectivity index (χ1v) is 9.91. The first kappa shape index (κ1) is 16.6. The average molecular weight is 361 g/mol.